The minimum absolute atomic E-state index is 0.0278. The van der Waals surface area contributed by atoms with Crippen LogP contribution in [0, 0.1) is 11.8 Å². The molecule has 0 radical (unpaired) electrons. The Hall–Kier alpha value is -3.41. The first-order valence-corrected chi connectivity index (χ1v) is 12.1. The van der Waals surface area contributed by atoms with Gasteiger partial charge in [-0.1, -0.05) is 6.07 Å². The Bertz CT molecular complexity index is 1310. The highest BCUT2D eigenvalue weighted by Crippen LogP contribution is 2.54. The lowest BCUT2D eigenvalue weighted by Crippen LogP contribution is -2.58. The summed E-state index contributed by atoms with van der Waals surface area (Å²) in [6.07, 6.45) is -1.56. The van der Waals surface area contributed by atoms with E-state index in [4.69, 9.17) is 28.4 Å². The molecule has 10 N–H and O–H groups in total. The number of ketones is 2. The average Bonchev–Trinajstić information content (AvgIpc) is 2.76. The van der Waals surface area contributed by atoms with Gasteiger partial charge in [0, 0.05) is 23.8 Å². The Kier molecular flexibility index (Phi) is 7.46. The van der Waals surface area contributed by atoms with Gasteiger partial charge in [-0.05, 0) is 24.5 Å². The van der Waals surface area contributed by atoms with Gasteiger partial charge in [-0.15, -0.1) is 0 Å². The second-order valence-corrected chi connectivity index (χ2v) is 9.77. The Balaban J connectivity index is 0.000000695. The topological polar surface area (TPSA) is 282 Å². The molecule has 4 rings (SSSR count). The third kappa shape index (κ3) is 5.07. The van der Waals surface area contributed by atoms with Crippen molar-refractivity contribution in [3.05, 3.63) is 34.6 Å². The summed E-state index contributed by atoms with van der Waals surface area (Å²) in [4.78, 5) is 49.9. The maximum absolute atomic E-state index is 13.4. The third-order valence-corrected chi connectivity index (χ3v) is 6.66. The summed E-state index contributed by atoms with van der Waals surface area (Å²) >= 11 is 0. The van der Waals surface area contributed by atoms with Crippen molar-refractivity contribution in [3.63, 3.8) is 0 Å². The molecular weight excluding hydrogens is 520 g/mol. The van der Waals surface area contributed by atoms with Crippen LogP contribution in [0.2, 0.25) is 0 Å². The van der Waals surface area contributed by atoms with E-state index in [9.17, 15) is 39.6 Å². The van der Waals surface area contributed by atoms with E-state index in [2.05, 4.69) is 5.32 Å². The highest BCUT2D eigenvalue weighted by atomic mass is 32.3. The summed E-state index contributed by atoms with van der Waals surface area (Å²) in [5, 5.41) is 53.8. The molecule has 0 saturated heterocycles. The summed E-state index contributed by atoms with van der Waals surface area (Å²) < 4.78 is 31.6. The van der Waals surface area contributed by atoms with Gasteiger partial charge < -0.3 is 36.6 Å². The minimum Gasteiger partial charge on any atom is -0.508 e. The molecule has 5 unspecified atom stereocenters. The van der Waals surface area contributed by atoms with Crippen LogP contribution >= 0.6 is 0 Å². The van der Waals surface area contributed by atoms with Crippen LogP contribution in [0.25, 0.3) is 0 Å². The largest absolute Gasteiger partial charge is 0.508 e. The van der Waals surface area contributed by atoms with Crippen molar-refractivity contribution in [3.8, 4) is 5.75 Å². The fraction of sp³-hybridized carbons (Fsp3) is 0.429. The second kappa shape index (κ2) is 9.81. The number of phenols is 1. The van der Waals surface area contributed by atoms with Gasteiger partial charge >= 0.3 is 10.4 Å². The van der Waals surface area contributed by atoms with Crippen molar-refractivity contribution in [1.29, 1.82) is 0 Å². The van der Waals surface area contributed by atoms with E-state index >= 15 is 0 Å². The highest BCUT2D eigenvalue weighted by molar-refractivity contribution is 7.79. The van der Waals surface area contributed by atoms with Crippen molar-refractivity contribution in [1.82, 2.24) is 0 Å². The van der Waals surface area contributed by atoms with Gasteiger partial charge in [0.2, 0.25) is 11.8 Å². The van der Waals surface area contributed by atoms with E-state index in [1.165, 1.54) is 12.1 Å². The van der Waals surface area contributed by atoms with E-state index in [-0.39, 0.29) is 24.1 Å². The van der Waals surface area contributed by atoms with Gasteiger partial charge in [0.1, 0.15) is 12.4 Å². The Morgan fingerprint density at radius 1 is 1.14 bits per heavy atom. The predicted octanol–water partition coefficient (Wildman–Crippen LogP) is -1.66. The second-order valence-electron chi connectivity index (χ2n) is 8.87. The number of anilines is 1. The number of fused-ring (bicyclic) bond motifs is 3. The molecule has 0 aliphatic heterocycles. The Morgan fingerprint density at radius 2 is 1.73 bits per heavy atom. The average molecular weight is 544 g/mol. The normalized spacial score (nSPS) is 28.8. The number of rotatable bonds is 3. The van der Waals surface area contributed by atoms with Crippen LogP contribution in [0.1, 0.15) is 41.1 Å². The molecule has 2 amide bonds. The number of phenolic OH excluding ortho intramolecular Hbond substituents is 1. The molecular formula is C21H24N2O13S. The van der Waals surface area contributed by atoms with Crippen molar-refractivity contribution < 1.29 is 62.2 Å². The van der Waals surface area contributed by atoms with Crippen LogP contribution < -0.4 is 11.1 Å². The van der Waals surface area contributed by atoms with Crippen molar-refractivity contribution in [2.45, 2.75) is 36.9 Å². The van der Waals surface area contributed by atoms with E-state index in [0.717, 1.165) is 0 Å². The number of benzene rings is 1. The zero-order valence-electron chi connectivity index (χ0n) is 18.9. The highest BCUT2D eigenvalue weighted by Gasteiger charge is 2.60. The van der Waals surface area contributed by atoms with E-state index < -0.39 is 98.9 Å². The first kappa shape index (κ1) is 28.2. The molecule has 1 saturated carbocycles. The molecule has 1 aromatic carbocycles. The smallest absolute Gasteiger partial charge is 0.394 e. The van der Waals surface area contributed by atoms with Gasteiger partial charge in [-0.3, -0.25) is 28.3 Å². The number of nitrogens with two attached hydrogens (primary N) is 1. The first-order valence-electron chi connectivity index (χ1n) is 10.7. The lowest BCUT2D eigenvalue weighted by atomic mass is 9.57. The van der Waals surface area contributed by atoms with Gasteiger partial charge in [-0.2, -0.15) is 8.42 Å². The lowest BCUT2D eigenvalue weighted by Gasteiger charge is -2.48. The number of carbonyl (C=O) groups excluding carboxylic acids is 4. The van der Waals surface area contributed by atoms with Crippen LogP contribution in [0.5, 0.6) is 5.75 Å². The number of nitrogens with one attached hydrogen (secondary N) is 1. The monoisotopic (exact) mass is 544 g/mol. The molecule has 0 bridgehead atoms. The van der Waals surface area contributed by atoms with E-state index in [1.807, 2.05) is 0 Å². The van der Waals surface area contributed by atoms with E-state index in [0.29, 0.717) is 0 Å². The molecule has 3 aliphatic carbocycles. The number of aliphatic hydroxyl groups is 4. The summed E-state index contributed by atoms with van der Waals surface area (Å²) in [5.74, 6) is -8.26. The fourth-order valence-electron chi connectivity index (χ4n) is 5.25. The number of primary amides is 1. The lowest BCUT2D eigenvalue weighted by molar-refractivity contribution is -0.155. The predicted molar refractivity (Wildman–Crippen MR) is 121 cm³/mol. The molecule has 1 fully saturated rings. The Labute approximate surface area is 208 Å². The van der Waals surface area contributed by atoms with Crippen molar-refractivity contribution in [2.24, 2.45) is 17.6 Å². The van der Waals surface area contributed by atoms with Crippen molar-refractivity contribution >= 4 is 39.5 Å². The molecule has 0 aromatic heterocycles. The zero-order valence-corrected chi connectivity index (χ0v) is 19.7. The van der Waals surface area contributed by atoms with Crippen molar-refractivity contribution in [2.75, 3.05) is 11.9 Å². The van der Waals surface area contributed by atoms with Crippen LogP contribution in [0.3, 0.4) is 0 Å². The zero-order chi connectivity index (χ0) is 28.0. The number of aliphatic hydroxyl groups excluding tert-OH is 3. The third-order valence-electron chi connectivity index (χ3n) is 6.66. The van der Waals surface area contributed by atoms with Gasteiger partial charge in [-0.25, -0.2) is 0 Å². The molecule has 1 aromatic rings. The van der Waals surface area contributed by atoms with Crippen LogP contribution in [0.15, 0.2) is 23.5 Å². The maximum Gasteiger partial charge on any atom is 0.394 e. The van der Waals surface area contributed by atoms with Gasteiger partial charge in [0.15, 0.2) is 22.9 Å². The summed E-state index contributed by atoms with van der Waals surface area (Å²) in [5.41, 5.74) is 2.23. The van der Waals surface area contributed by atoms with E-state index in [1.54, 1.807) is 0 Å². The summed E-state index contributed by atoms with van der Waals surface area (Å²) in [6, 6.07) is 2.57. The number of carbonyl (C=O) groups is 4. The molecule has 0 spiro atoms. The molecule has 5 atom stereocenters. The minimum atomic E-state index is -4.67. The first-order chi connectivity index (χ1) is 17.0. The van der Waals surface area contributed by atoms with Crippen LogP contribution in [-0.4, -0.2) is 84.7 Å². The molecule has 3 aliphatic rings. The molecule has 37 heavy (non-hydrogen) atoms. The van der Waals surface area contributed by atoms with Crippen LogP contribution in [-0.2, 0) is 24.8 Å². The fourth-order valence-corrected chi connectivity index (χ4v) is 5.25. The number of allylic oxidation sites excluding steroid dienone is 1. The standard InChI is InChI=1S/C21H22N2O9.H2O4S/c22-20(31)14-9-1-2-11(23-13(27)6-24)17(28)15(9)18(29)16-10(14)4-7-3-8(25)5-12(26)21(7,32)19(16)30;1-5(2,3)4/h1-2,7-8,10,14,24-25,28,30,32H,3-6H2,(H2,22,31)(H,23,27);(H2,1,2,3,4). The van der Waals surface area contributed by atoms with Gasteiger partial charge in [0.05, 0.1) is 23.3 Å². The number of amides is 2. The van der Waals surface area contributed by atoms with Crippen LogP contribution in [0.4, 0.5) is 5.69 Å². The van der Waals surface area contributed by atoms with Gasteiger partial charge in [0.25, 0.3) is 0 Å². The maximum atomic E-state index is 13.4. The number of Topliss-reactive ketones (excluding diaryl/α,β-unsaturated/α-hetero) is 2. The number of hydrogen-bond donors (Lipinski definition) is 9. The SMILES string of the molecule is NC(=O)C1c2ccc(NC(=O)CO)c(O)c2C(=O)C2=C(O)C3(O)C(=O)CC(O)CC3CC21.O=S(=O)(O)O. The Morgan fingerprint density at radius 3 is 2.27 bits per heavy atom. The number of hydrogen-bond acceptors (Lipinski definition) is 11. The quantitative estimate of drug-likeness (QED) is 0.152. The molecule has 16 heteroatoms. The molecule has 202 valence electrons. The summed E-state index contributed by atoms with van der Waals surface area (Å²) in [6.45, 7) is -0.884. The summed E-state index contributed by atoms with van der Waals surface area (Å²) in [7, 11) is -4.67. The number of aromatic hydroxyl groups is 1. The molecule has 0 heterocycles. The molecule has 15 nitrogen and oxygen atoms in total.